The van der Waals surface area contributed by atoms with Crippen molar-refractivity contribution in [3.8, 4) is 0 Å². The lowest BCUT2D eigenvalue weighted by molar-refractivity contribution is -0.121. The van der Waals surface area contributed by atoms with Crippen LogP contribution in [-0.2, 0) is 4.79 Å². The Kier molecular flexibility index (Phi) is 5.69. The minimum absolute atomic E-state index is 0.0244. The molecule has 1 saturated carbocycles. The molecule has 1 unspecified atom stereocenters. The summed E-state index contributed by atoms with van der Waals surface area (Å²) in [7, 11) is 0. The minimum atomic E-state index is 0.0244. The van der Waals surface area contributed by atoms with Crippen LogP contribution in [0.2, 0.25) is 0 Å². The molecule has 0 spiro atoms. The van der Waals surface area contributed by atoms with Gasteiger partial charge in [-0.2, -0.15) is 0 Å². The van der Waals surface area contributed by atoms with Gasteiger partial charge in [-0.3, -0.25) is 4.79 Å². The first kappa shape index (κ1) is 12.5. The number of nitrogens with one attached hydrogen (secondary N) is 1. The number of carbonyl (C=O) groups is 1. The predicted molar refractivity (Wildman–Crippen MR) is 62.5 cm³/mol. The highest BCUT2D eigenvalue weighted by Crippen LogP contribution is 2.22. The summed E-state index contributed by atoms with van der Waals surface area (Å²) in [5.41, 5.74) is 5.72. The Morgan fingerprint density at radius 3 is 2.67 bits per heavy atom. The summed E-state index contributed by atoms with van der Waals surface area (Å²) in [5, 5.41) is 3.00. The van der Waals surface area contributed by atoms with E-state index in [4.69, 9.17) is 5.73 Å². The van der Waals surface area contributed by atoms with E-state index in [1.807, 2.05) is 6.92 Å². The number of hydrogen-bond acceptors (Lipinski definition) is 2. The van der Waals surface area contributed by atoms with Crippen LogP contribution in [0.3, 0.4) is 0 Å². The van der Waals surface area contributed by atoms with Gasteiger partial charge in [0.1, 0.15) is 0 Å². The lowest BCUT2D eigenvalue weighted by atomic mass is 9.89. The molecule has 1 amide bonds. The van der Waals surface area contributed by atoms with Crippen molar-refractivity contribution < 1.29 is 4.79 Å². The number of carbonyl (C=O) groups excluding carboxylic acids is 1. The zero-order chi connectivity index (χ0) is 11.1. The van der Waals surface area contributed by atoms with E-state index >= 15 is 0 Å². The van der Waals surface area contributed by atoms with Gasteiger partial charge >= 0.3 is 0 Å². The second-order valence-electron chi connectivity index (χ2n) is 4.68. The third-order valence-corrected chi connectivity index (χ3v) is 3.28. The predicted octanol–water partition coefficient (Wildman–Crippen LogP) is 1.81. The summed E-state index contributed by atoms with van der Waals surface area (Å²) >= 11 is 0. The highest BCUT2D eigenvalue weighted by Gasteiger charge is 2.14. The Bertz CT molecular complexity index is 188. The molecule has 0 bridgehead atoms. The molecular weight excluding hydrogens is 188 g/mol. The first-order valence-electron chi connectivity index (χ1n) is 6.24. The zero-order valence-corrected chi connectivity index (χ0v) is 9.80. The Hall–Kier alpha value is -0.570. The standard InChI is InChI=1S/C12H24N2O/c1-2-11(13)8-12(15)14-9-10-6-4-3-5-7-10/h10-11H,2-9,13H2,1H3,(H,14,15). The summed E-state index contributed by atoms with van der Waals surface area (Å²) in [6.07, 6.45) is 7.93. The number of amides is 1. The van der Waals surface area contributed by atoms with Crippen LogP contribution in [0, 0.1) is 5.92 Å². The first-order chi connectivity index (χ1) is 7.22. The van der Waals surface area contributed by atoms with Gasteiger partial charge in [-0.1, -0.05) is 26.2 Å². The van der Waals surface area contributed by atoms with Crippen molar-refractivity contribution >= 4 is 5.91 Å². The van der Waals surface area contributed by atoms with Gasteiger partial charge in [0, 0.05) is 19.0 Å². The molecule has 0 aromatic rings. The average molecular weight is 212 g/mol. The molecule has 88 valence electrons. The van der Waals surface area contributed by atoms with Crippen molar-refractivity contribution in [3.05, 3.63) is 0 Å². The van der Waals surface area contributed by atoms with Gasteiger partial charge in [-0.25, -0.2) is 0 Å². The minimum Gasteiger partial charge on any atom is -0.356 e. The number of nitrogens with two attached hydrogens (primary N) is 1. The van der Waals surface area contributed by atoms with Crippen LogP contribution in [0.25, 0.3) is 0 Å². The maximum absolute atomic E-state index is 11.5. The van der Waals surface area contributed by atoms with Crippen LogP contribution < -0.4 is 11.1 Å². The van der Waals surface area contributed by atoms with Crippen molar-refractivity contribution in [1.29, 1.82) is 0 Å². The summed E-state index contributed by atoms with van der Waals surface area (Å²) in [4.78, 5) is 11.5. The largest absolute Gasteiger partial charge is 0.356 e. The SMILES string of the molecule is CCC(N)CC(=O)NCC1CCCCC1. The fraction of sp³-hybridized carbons (Fsp3) is 0.917. The van der Waals surface area contributed by atoms with Gasteiger partial charge in [0.05, 0.1) is 0 Å². The molecule has 0 radical (unpaired) electrons. The van der Waals surface area contributed by atoms with Crippen LogP contribution >= 0.6 is 0 Å². The molecule has 0 heterocycles. The van der Waals surface area contributed by atoms with E-state index in [0.717, 1.165) is 13.0 Å². The highest BCUT2D eigenvalue weighted by molar-refractivity contribution is 5.76. The Balaban J connectivity index is 2.10. The molecule has 1 fully saturated rings. The third-order valence-electron chi connectivity index (χ3n) is 3.28. The topological polar surface area (TPSA) is 55.1 Å². The van der Waals surface area contributed by atoms with Crippen LogP contribution in [0.5, 0.6) is 0 Å². The Morgan fingerprint density at radius 2 is 2.07 bits per heavy atom. The molecule has 0 aliphatic heterocycles. The smallest absolute Gasteiger partial charge is 0.221 e. The molecule has 3 nitrogen and oxygen atoms in total. The van der Waals surface area contributed by atoms with Crippen molar-refractivity contribution in [3.63, 3.8) is 0 Å². The summed E-state index contributed by atoms with van der Waals surface area (Å²) in [6, 6.07) is 0.0244. The van der Waals surface area contributed by atoms with E-state index in [1.165, 1.54) is 32.1 Å². The molecule has 1 aliphatic rings. The Morgan fingerprint density at radius 1 is 1.40 bits per heavy atom. The summed E-state index contributed by atoms with van der Waals surface area (Å²) in [5.74, 6) is 0.829. The van der Waals surface area contributed by atoms with Gasteiger partial charge in [0.2, 0.25) is 5.91 Å². The molecule has 0 aromatic carbocycles. The maximum atomic E-state index is 11.5. The quantitative estimate of drug-likeness (QED) is 0.730. The lowest BCUT2D eigenvalue weighted by Crippen LogP contribution is -2.34. The molecular formula is C12H24N2O. The van der Waals surface area contributed by atoms with Crippen molar-refractivity contribution in [2.75, 3.05) is 6.54 Å². The van der Waals surface area contributed by atoms with Crippen LogP contribution in [-0.4, -0.2) is 18.5 Å². The van der Waals surface area contributed by atoms with Crippen molar-refractivity contribution in [1.82, 2.24) is 5.32 Å². The van der Waals surface area contributed by atoms with E-state index < -0.39 is 0 Å². The highest BCUT2D eigenvalue weighted by atomic mass is 16.1. The Labute approximate surface area is 92.8 Å². The fourth-order valence-corrected chi connectivity index (χ4v) is 2.10. The molecule has 3 N–H and O–H groups in total. The van der Waals surface area contributed by atoms with Gasteiger partial charge in [-0.15, -0.1) is 0 Å². The second kappa shape index (κ2) is 6.83. The van der Waals surface area contributed by atoms with Crippen LogP contribution in [0.1, 0.15) is 51.9 Å². The van der Waals surface area contributed by atoms with E-state index in [-0.39, 0.29) is 11.9 Å². The van der Waals surface area contributed by atoms with Crippen molar-refractivity contribution in [2.45, 2.75) is 57.9 Å². The molecule has 0 saturated heterocycles. The monoisotopic (exact) mass is 212 g/mol. The van der Waals surface area contributed by atoms with Gasteiger partial charge < -0.3 is 11.1 Å². The molecule has 1 rings (SSSR count). The molecule has 15 heavy (non-hydrogen) atoms. The maximum Gasteiger partial charge on any atom is 0.221 e. The normalized spacial score (nSPS) is 19.9. The summed E-state index contributed by atoms with van der Waals surface area (Å²) in [6.45, 7) is 2.87. The van der Waals surface area contributed by atoms with E-state index in [1.54, 1.807) is 0 Å². The average Bonchev–Trinajstić information content (AvgIpc) is 2.27. The number of rotatable bonds is 5. The lowest BCUT2D eigenvalue weighted by Gasteiger charge is -2.22. The zero-order valence-electron chi connectivity index (χ0n) is 9.80. The van der Waals surface area contributed by atoms with E-state index in [9.17, 15) is 4.79 Å². The van der Waals surface area contributed by atoms with E-state index in [2.05, 4.69) is 5.32 Å². The van der Waals surface area contributed by atoms with Gasteiger partial charge in [0.25, 0.3) is 0 Å². The third kappa shape index (κ3) is 5.17. The molecule has 0 aromatic heterocycles. The molecule has 1 atom stereocenters. The van der Waals surface area contributed by atoms with Crippen LogP contribution in [0.4, 0.5) is 0 Å². The second-order valence-corrected chi connectivity index (χ2v) is 4.68. The molecule has 1 aliphatic carbocycles. The van der Waals surface area contributed by atoms with Gasteiger partial charge in [0.15, 0.2) is 0 Å². The van der Waals surface area contributed by atoms with Gasteiger partial charge in [-0.05, 0) is 25.2 Å². The van der Waals surface area contributed by atoms with Crippen molar-refractivity contribution in [2.24, 2.45) is 11.7 Å². The van der Waals surface area contributed by atoms with Crippen LogP contribution in [0.15, 0.2) is 0 Å². The van der Waals surface area contributed by atoms with E-state index in [0.29, 0.717) is 12.3 Å². The summed E-state index contributed by atoms with van der Waals surface area (Å²) < 4.78 is 0. The number of hydrogen-bond donors (Lipinski definition) is 2. The fourth-order valence-electron chi connectivity index (χ4n) is 2.10. The molecule has 3 heteroatoms. The first-order valence-corrected chi connectivity index (χ1v) is 6.24.